The number of carbonyl (C=O) groups excluding carboxylic acids is 1. The van der Waals surface area contributed by atoms with Crippen LogP contribution in [0.4, 0.5) is 0 Å². The van der Waals surface area contributed by atoms with Crippen molar-refractivity contribution in [1.29, 1.82) is 0 Å². The number of aliphatic hydroxyl groups excluding tert-OH is 11. The largest absolute Gasteiger partial charge is 0.394 e. The first kappa shape index (κ1) is 60.3. The molecule has 17 atom stereocenters. The molecule has 68 heavy (non-hydrogen) atoms. The van der Waals surface area contributed by atoms with Crippen molar-refractivity contribution in [3.63, 3.8) is 0 Å². The highest BCUT2D eigenvalue weighted by Gasteiger charge is 2.53. The van der Waals surface area contributed by atoms with E-state index in [4.69, 9.17) is 28.4 Å². The van der Waals surface area contributed by atoms with Gasteiger partial charge in [0.1, 0.15) is 73.2 Å². The van der Waals surface area contributed by atoms with Crippen LogP contribution in [0.5, 0.6) is 0 Å². The second kappa shape index (κ2) is 34.4. The van der Waals surface area contributed by atoms with Crippen LogP contribution >= 0.6 is 0 Å². The van der Waals surface area contributed by atoms with Crippen molar-refractivity contribution in [2.45, 2.75) is 240 Å². The molecule has 396 valence electrons. The molecule has 19 heteroatoms. The van der Waals surface area contributed by atoms with E-state index in [2.05, 4.69) is 36.5 Å². The van der Waals surface area contributed by atoms with E-state index in [9.17, 15) is 61.0 Å². The lowest BCUT2D eigenvalue weighted by Gasteiger charge is -2.48. The Bertz CT molecular complexity index is 1400. The summed E-state index contributed by atoms with van der Waals surface area (Å²) in [6.07, 6.45) is 5.26. The first-order valence-electron chi connectivity index (χ1n) is 25.2. The molecule has 0 aromatic heterocycles. The Labute approximate surface area is 402 Å². The van der Waals surface area contributed by atoms with E-state index in [0.717, 1.165) is 51.4 Å². The zero-order valence-corrected chi connectivity index (χ0v) is 40.3. The molecule has 0 aromatic rings. The van der Waals surface area contributed by atoms with E-state index in [-0.39, 0.29) is 18.9 Å². The Morgan fingerprint density at radius 2 is 0.985 bits per heavy atom. The molecule has 19 nitrogen and oxygen atoms in total. The molecule has 17 unspecified atom stereocenters. The number of ether oxygens (including phenoxy) is 6. The molecule has 3 aliphatic rings. The van der Waals surface area contributed by atoms with Gasteiger partial charge in [0.15, 0.2) is 18.9 Å². The van der Waals surface area contributed by atoms with Crippen LogP contribution in [0.15, 0.2) is 36.5 Å². The van der Waals surface area contributed by atoms with Gasteiger partial charge in [0, 0.05) is 6.42 Å². The molecule has 0 aromatic carbocycles. The van der Waals surface area contributed by atoms with Gasteiger partial charge in [-0.15, -0.1) is 0 Å². The van der Waals surface area contributed by atoms with Gasteiger partial charge < -0.3 is 89.9 Å². The molecule has 3 rings (SSSR count). The van der Waals surface area contributed by atoms with Crippen molar-refractivity contribution < 1.29 is 89.4 Å². The quantitative estimate of drug-likeness (QED) is 0.0321. The summed E-state index contributed by atoms with van der Waals surface area (Å²) < 4.78 is 33.9. The normalized spacial score (nSPS) is 33.5. The zero-order chi connectivity index (χ0) is 49.8. The number of aliphatic hydroxyl groups is 11. The minimum absolute atomic E-state index is 0.235. The van der Waals surface area contributed by atoms with Gasteiger partial charge in [0.2, 0.25) is 5.91 Å². The highest BCUT2D eigenvalue weighted by Crippen LogP contribution is 2.33. The first-order valence-corrected chi connectivity index (χ1v) is 25.2. The Hall–Kier alpha value is -1.99. The topological polar surface area (TPSA) is 307 Å². The van der Waals surface area contributed by atoms with Crippen LogP contribution in [-0.4, -0.2) is 193 Å². The maximum absolute atomic E-state index is 13.1. The van der Waals surface area contributed by atoms with Crippen molar-refractivity contribution in [3.05, 3.63) is 36.5 Å². The van der Waals surface area contributed by atoms with Gasteiger partial charge >= 0.3 is 0 Å². The third-order valence-corrected chi connectivity index (χ3v) is 12.7. The molecule has 0 spiro atoms. The second-order valence-corrected chi connectivity index (χ2v) is 18.3. The summed E-state index contributed by atoms with van der Waals surface area (Å²) in [5.74, 6) is -0.293. The van der Waals surface area contributed by atoms with Gasteiger partial charge in [-0.2, -0.15) is 0 Å². The summed E-state index contributed by atoms with van der Waals surface area (Å²) in [6, 6.07) is -0.969. The van der Waals surface area contributed by atoms with E-state index in [1.54, 1.807) is 6.08 Å². The fraction of sp³-hybridized carbons (Fsp3) is 0.857. The molecule has 0 bridgehead atoms. The molecule has 0 radical (unpaired) electrons. The van der Waals surface area contributed by atoms with E-state index >= 15 is 0 Å². The third-order valence-electron chi connectivity index (χ3n) is 12.7. The van der Waals surface area contributed by atoms with Gasteiger partial charge in [-0.1, -0.05) is 121 Å². The molecule has 12 N–H and O–H groups in total. The lowest BCUT2D eigenvalue weighted by Crippen LogP contribution is -2.66. The molecule has 3 saturated heterocycles. The van der Waals surface area contributed by atoms with Gasteiger partial charge in [-0.3, -0.25) is 4.79 Å². The van der Waals surface area contributed by atoms with Crippen molar-refractivity contribution in [1.82, 2.24) is 5.32 Å². The van der Waals surface area contributed by atoms with E-state index in [0.29, 0.717) is 12.8 Å². The molecular formula is C49H87NO18. The maximum atomic E-state index is 13.1. The van der Waals surface area contributed by atoms with Crippen molar-refractivity contribution >= 4 is 5.91 Å². The van der Waals surface area contributed by atoms with Crippen LogP contribution < -0.4 is 5.32 Å². The maximum Gasteiger partial charge on any atom is 0.220 e. The number of allylic oxidation sites excluding steroid dienone is 5. The fourth-order valence-electron chi connectivity index (χ4n) is 8.38. The SMILES string of the molecule is CCCC/C=C/C(O)C(COC1OC(CO)C(OC2OC(CO)C(OC3OC(CO)C(O)C(O)C3O)C(O)C2O)C(O)C1O)NC(=O)CCCCCCCCCCC/C=C\C/C=C\CCCCC. The minimum atomic E-state index is -1.97. The van der Waals surface area contributed by atoms with Gasteiger partial charge in [0.05, 0.1) is 38.6 Å². The predicted molar refractivity (Wildman–Crippen MR) is 249 cm³/mol. The number of unbranched alkanes of at least 4 members (excludes halogenated alkanes) is 14. The Morgan fingerprint density at radius 3 is 1.53 bits per heavy atom. The second-order valence-electron chi connectivity index (χ2n) is 18.3. The summed E-state index contributed by atoms with van der Waals surface area (Å²) in [5.41, 5.74) is 0. The highest BCUT2D eigenvalue weighted by atomic mass is 16.8. The van der Waals surface area contributed by atoms with Crippen molar-refractivity contribution in [2.75, 3.05) is 26.4 Å². The zero-order valence-electron chi connectivity index (χ0n) is 40.3. The monoisotopic (exact) mass is 978 g/mol. The van der Waals surface area contributed by atoms with Gasteiger partial charge in [-0.05, 0) is 44.9 Å². The number of hydrogen-bond donors (Lipinski definition) is 12. The number of nitrogens with one attached hydrogen (secondary N) is 1. The number of rotatable bonds is 34. The summed E-state index contributed by atoms with van der Waals surface area (Å²) in [5, 5.41) is 119. The Kier molecular flexibility index (Phi) is 30.5. The first-order chi connectivity index (χ1) is 32.8. The molecule has 0 saturated carbocycles. The van der Waals surface area contributed by atoms with Gasteiger partial charge in [-0.25, -0.2) is 0 Å². The standard InChI is InChI=1S/C49H87NO18/c1-3-5-7-9-10-11-12-13-14-15-16-17-18-19-20-21-22-23-25-27-37(55)50-32(33(54)26-24-8-6-4-2)31-63-47-43(61)40(58)45(35(29-52)65-47)68-49-44(62)41(59)46(36(30-53)66-49)67-48-42(60)39(57)38(56)34(28-51)64-48/h10-11,13-14,24,26,32-36,38-49,51-54,56-62H,3-9,12,15-23,25,27-31H2,1-2H3,(H,50,55)/b11-10-,14-13-,26-24+. The van der Waals surface area contributed by atoms with Crippen LogP contribution in [0.2, 0.25) is 0 Å². The Morgan fingerprint density at radius 1 is 0.529 bits per heavy atom. The van der Waals surface area contributed by atoms with Gasteiger partial charge in [0.25, 0.3) is 0 Å². The molecule has 3 heterocycles. The highest BCUT2D eigenvalue weighted by molar-refractivity contribution is 5.76. The number of hydrogen-bond acceptors (Lipinski definition) is 18. The van der Waals surface area contributed by atoms with Crippen molar-refractivity contribution in [2.24, 2.45) is 0 Å². The smallest absolute Gasteiger partial charge is 0.220 e. The van der Waals surface area contributed by atoms with Crippen LogP contribution in [0.25, 0.3) is 0 Å². The summed E-state index contributed by atoms with van der Waals surface area (Å²) in [7, 11) is 0. The van der Waals surface area contributed by atoms with E-state index in [1.807, 2.05) is 13.0 Å². The fourth-order valence-corrected chi connectivity index (χ4v) is 8.38. The van der Waals surface area contributed by atoms with Crippen LogP contribution in [0.1, 0.15) is 136 Å². The Balaban J connectivity index is 1.46. The van der Waals surface area contributed by atoms with Crippen LogP contribution in [-0.2, 0) is 33.2 Å². The van der Waals surface area contributed by atoms with E-state index < -0.39 is 124 Å². The average molecular weight is 978 g/mol. The molecule has 3 fully saturated rings. The molecule has 1 amide bonds. The summed E-state index contributed by atoms with van der Waals surface area (Å²) >= 11 is 0. The van der Waals surface area contributed by atoms with Crippen molar-refractivity contribution in [3.8, 4) is 0 Å². The lowest BCUT2D eigenvalue weighted by molar-refractivity contribution is -0.379. The number of amides is 1. The summed E-state index contributed by atoms with van der Waals surface area (Å²) in [4.78, 5) is 13.1. The average Bonchev–Trinajstić information content (AvgIpc) is 3.33. The molecule has 3 aliphatic heterocycles. The minimum Gasteiger partial charge on any atom is -0.394 e. The number of carbonyl (C=O) groups is 1. The third kappa shape index (κ3) is 20.3. The molecule has 0 aliphatic carbocycles. The molecular weight excluding hydrogens is 891 g/mol. The van der Waals surface area contributed by atoms with Crippen LogP contribution in [0, 0.1) is 0 Å². The van der Waals surface area contributed by atoms with E-state index in [1.165, 1.54) is 51.4 Å². The lowest BCUT2D eigenvalue weighted by atomic mass is 9.96. The summed E-state index contributed by atoms with van der Waals surface area (Å²) in [6.45, 7) is 1.48. The van der Waals surface area contributed by atoms with Crippen LogP contribution in [0.3, 0.4) is 0 Å². The predicted octanol–water partition coefficient (Wildman–Crippen LogP) is 1.42.